The maximum atomic E-state index is 11.9. The van der Waals surface area contributed by atoms with Crippen LogP contribution in [-0.2, 0) is 30.3 Å². The van der Waals surface area contributed by atoms with E-state index in [1.54, 1.807) is 14.0 Å². The smallest absolute Gasteiger partial charge is 0.336 e. The van der Waals surface area contributed by atoms with Crippen LogP contribution in [0.1, 0.15) is 19.4 Å². The molecule has 0 aliphatic carbocycles. The number of hydrogen-bond acceptors (Lipinski definition) is 6. The lowest BCUT2D eigenvalue weighted by Gasteiger charge is -2.25. The summed E-state index contributed by atoms with van der Waals surface area (Å²) in [5, 5.41) is 0. The number of hydrogen-bond donors (Lipinski definition) is 0. The molecule has 1 aromatic carbocycles. The standard InChI is InChI=1S/C18H26O6/c1-6-22-18(19)13(2)17(24-12-20-4)14(3)23-11-15-7-9-16(21-5)10-8-15/h7-10,14,17H,2,6,11-12H2,1,3-5H3/t14-,17+/m1/s1. The molecule has 0 saturated carbocycles. The van der Waals surface area contributed by atoms with Gasteiger partial charge in [-0.15, -0.1) is 0 Å². The molecule has 0 heterocycles. The van der Waals surface area contributed by atoms with Gasteiger partial charge in [-0.25, -0.2) is 4.79 Å². The van der Waals surface area contributed by atoms with Gasteiger partial charge in [0.1, 0.15) is 18.6 Å². The van der Waals surface area contributed by atoms with Crippen molar-refractivity contribution in [2.45, 2.75) is 32.7 Å². The van der Waals surface area contributed by atoms with Crippen LogP contribution in [0.4, 0.5) is 0 Å². The van der Waals surface area contributed by atoms with Gasteiger partial charge >= 0.3 is 5.97 Å². The Kier molecular flexibility index (Phi) is 9.07. The van der Waals surface area contributed by atoms with Crippen LogP contribution in [0.3, 0.4) is 0 Å². The minimum absolute atomic E-state index is 0.0271. The molecule has 134 valence electrons. The van der Waals surface area contributed by atoms with Crippen LogP contribution in [0.2, 0.25) is 0 Å². The fourth-order valence-corrected chi connectivity index (χ4v) is 2.04. The number of esters is 1. The molecule has 0 amide bonds. The molecule has 0 aromatic heterocycles. The highest BCUT2D eigenvalue weighted by molar-refractivity contribution is 5.89. The number of benzene rings is 1. The number of methoxy groups -OCH3 is 2. The maximum Gasteiger partial charge on any atom is 0.336 e. The van der Waals surface area contributed by atoms with E-state index in [0.29, 0.717) is 6.61 Å². The van der Waals surface area contributed by atoms with Crippen molar-refractivity contribution in [3.63, 3.8) is 0 Å². The second kappa shape index (κ2) is 10.8. The van der Waals surface area contributed by atoms with Crippen LogP contribution in [0.15, 0.2) is 36.4 Å². The second-order valence-electron chi connectivity index (χ2n) is 5.10. The summed E-state index contributed by atoms with van der Waals surface area (Å²) in [6.07, 6.45) is -1.05. The van der Waals surface area contributed by atoms with Gasteiger partial charge in [0.15, 0.2) is 0 Å². The Morgan fingerprint density at radius 1 is 1.17 bits per heavy atom. The van der Waals surface area contributed by atoms with Gasteiger partial charge in [-0.2, -0.15) is 0 Å². The lowest BCUT2D eigenvalue weighted by atomic mass is 10.1. The van der Waals surface area contributed by atoms with Crippen molar-refractivity contribution in [1.29, 1.82) is 0 Å². The molecule has 0 aliphatic rings. The predicted molar refractivity (Wildman–Crippen MR) is 89.8 cm³/mol. The van der Waals surface area contributed by atoms with Crippen LogP contribution in [0.5, 0.6) is 5.75 Å². The summed E-state index contributed by atoms with van der Waals surface area (Å²) in [5.74, 6) is 0.280. The van der Waals surface area contributed by atoms with Crippen LogP contribution in [-0.4, -0.2) is 45.8 Å². The molecule has 24 heavy (non-hydrogen) atoms. The molecule has 0 spiro atoms. The van der Waals surface area contributed by atoms with Gasteiger partial charge < -0.3 is 23.7 Å². The van der Waals surface area contributed by atoms with Gasteiger partial charge in [0.25, 0.3) is 0 Å². The van der Waals surface area contributed by atoms with E-state index in [2.05, 4.69) is 6.58 Å². The molecular weight excluding hydrogens is 312 g/mol. The normalized spacial score (nSPS) is 13.2. The van der Waals surface area contributed by atoms with Crippen molar-refractivity contribution < 1.29 is 28.5 Å². The lowest BCUT2D eigenvalue weighted by molar-refractivity contribution is -0.146. The van der Waals surface area contributed by atoms with Crippen LogP contribution < -0.4 is 4.74 Å². The molecule has 0 aliphatic heterocycles. The number of rotatable bonds is 11. The van der Waals surface area contributed by atoms with Crippen molar-refractivity contribution >= 4 is 5.97 Å². The predicted octanol–water partition coefficient (Wildman–Crippen LogP) is 2.71. The third-order valence-electron chi connectivity index (χ3n) is 3.34. The topological polar surface area (TPSA) is 63.2 Å². The van der Waals surface area contributed by atoms with E-state index in [-0.39, 0.29) is 19.0 Å². The maximum absolute atomic E-state index is 11.9. The molecule has 6 heteroatoms. The van der Waals surface area contributed by atoms with E-state index in [4.69, 9.17) is 23.7 Å². The molecule has 0 saturated heterocycles. The summed E-state index contributed by atoms with van der Waals surface area (Å²) < 4.78 is 26.4. The van der Waals surface area contributed by atoms with Crippen molar-refractivity contribution in [1.82, 2.24) is 0 Å². The van der Waals surface area contributed by atoms with E-state index in [1.165, 1.54) is 7.11 Å². The minimum atomic E-state index is -0.651. The van der Waals surface area contributed by atoms with Crippen molar-refractivity contribution in [2.75, 3.05) is 27.6 Å². The van der Waals surface area contributed by atoms with Crippen molar-refractivity contribution in [3.8, 4) is 5.75 Å². The molecular formula is C18H26O6. The van der Waals surface area contributed by atoms with E-state index < -0.39 is 18.2 Å². The van der Waals surface area contributed by atoms with Crippen LogP contribution >= 0.6 is 0 Å². The Bertz CT molecular complexity index is 511. The van der Waals surface area contributed by atoms with Gasteiger partial charge in [-0.1, -0.05) is 18.7 Å². The molecule has 0 unspecified atom stereocenters. The monoisotopic (exact) mass is 338 g/mol. The van der Waals surface area contributed by atoms with Crippen LogP contribution in [0.25, 0.3) is 0 Å². The highest BCUT2D eigenvalue weighted by Gasteiger charge is 2.27. The summed E-state index contributed by atoms with van der Waals surface area (Å²) in [7, 11) is 3.12. The fourth-order valence-electron chi connectivity index (χ4n) is 2.04. The van der Waals surface area contributed by atoms with Gasteiger partial charge in [-0.3, -0.25) is 0 Å². The zero-order chi connectivity index (χ0) is 17.9. The Labute approximate surface area is 143 Å². The summed E-state index contributed by atoms with van der Waals surface area (Å²) in [4.78, 5) is 11.9. The third kappa shape index (κ3) is 6.31. The number of ether oxygens (including phenoxy) is 5. The van der Waals surface area contributed by atoms with E-state index in [1.807, 2.05) is 31.2 Å². The first kappa shape index (κ1) is 20.2. The summed E-state index contributed by atoms with van der Waals surface area (Å²) in [6, 6.07) is 7.55. The average molecular weight is 338 g/mol. The summed E-state index contributed by atoms with van der Waals surface area (Å²) in [6.45, 7) is 7.99. The first-order valence-electron chi connectivity index (χ1n) is 7.74. The largest absolute Gasteiger partial charge is 0.497 e. The Morgan fingerprint density at radius 3 is 2.38 bits per heavy atom. The zero-order valence-corrected chi connectivity index (χ0v) is 14.7. The van der Waals surface area contributed by atoms with Crippen LogP contribution in [0, 0.1) is 0 Å². The quantitative estimate of drug-likeness (QED) is 0.351. The molecule has 0 bridgehead atoms. The first-order chi connectivity index (χ1) is 11.5. The Morgan fingerprint density at radius 2 is 1.83 bits per heavy atom. The molecule has 0 radical (unpaired) electrons. The molecule has 1 rings (SSSR count). The van der Waals surface area contributed by atoms with Gasteiger partial charge in [-0.05, 0) is 31.5 Å². The minimum Gasteiger partial charge on any atom is -0.497 e. The third-order valence-corrected chi connectivity index (χ3v) is 3.34. The average Bonchev–Trinajstić information content (AvgIpc) is 2.60. The number of carbonyl (C=O) groups excluding carboxylic acids is 1. The van der Waals surface area contributed by atoms with Crippen molar-refractivity contribution in [3.05, 3.63) is 42.0 Å². The first-order valence-corrected chi connectivity index (χ1v) is 7.74. The van der Waals surface area contributed by atoms with Gasteiger partial charge in [0.2, 0.25) is 0 Å². The zero-order valence-electron chi connectivity index (χ0n) is 14.7. The molecule has 0 fully saturated rings. The fraction of sp³-hybridized carbons (Fsp3) is 0.500. The Hall–Kier alpha value is -1.89. The molecule has 0 N–H and O–H groups in total. The highest BCUT2D eigenvalue weighted by atomic mass is 16.7. The van der Waals surface area contributed by atoms with E-state index in [9.17, 15) is 4.79 Å². The molecule has 6 nitrogen and oxygen atoms in total. The van der Waals surface area contributed by atoms with Gasteiger partial charge in [0, 0.05) is 7.11 Å². The Balaban J connectivity index is 2.66. The highest BCUT2D eigenvalue weighted by Crippen LogP contribution is 2.17. The van der Waals surface area contributed by atoms with Gasteiger partial charge in [0.05, 0.1) is 32.0 Å². The van der Waals surface area contributed by atoms with E-state index >= 15 is 0 Å². The van der Waals surface area contributed by atoms with Crippen molar-refractivity contribution in [2.24, 2.45) is 0 Å². The summed E-state index contributed by atoms with van der Waals surface area (Å²) >= 11 is 0. The molecule has 2 atom stereocenters. The second-order valence-corrected chi connectivity index (χ2v) is 5.10. The SMILES string of the molecule is C=C(C(=O)OCC)[C@H](OCOC)[C@@H](C)OCc1ccc(OC)cc1. The summed E-state index contributed by atoms with van der Waals surface area (Å²) in [5.41, 5.74) is 1.19. The molecule has 1 aromatic rings. The number of carbonyl (C=O) groups is 1. The van der Waals surface area contributed by atoms with E-state index in [0.717, 1.165) is 11.3 Å². The lowest BCUT2D eigenvalue weighted by Crippen LogP contribution is -2.34.